The summed E-state index contributed by atoms with van der Waals surface area (Å²) in [6.07, 6.45) is 0. The number of imidazole rings is 1. The average Bonchev–Trinajstić information content (AvgIpc) is 2.77. The lowest BCUT2D eigenvalue weighted by Gasteiger charge is -2.06. The number of aromatic nitrogens is 2. The average molecular weight is 246 g/mol. The smallest absolute Gasteiger partial charge is 0.166 e. The summed E-state index contributed by atoms with van der Waals surface area (Å²) >= 11 is 1.57. The van der Waals surface area contributed by atoms with Crippen molar-refractivity contribution in [1.82, 2.24) is 15.3 Å². The summed E-state index contributed by atoms with van der Waals surface area (Å²) in [7, 11) is 0. The van der Waals surface area contributed by atoms with Crippen LogP contribution in [0, 0.1) is 11.3 Å². The molecule has 0 aliphatic rings. The highest BCUT2D eigenvalue weighted by Gasteiger charge is 2.08. The van der Waals surface area contributed by atoms with E-state index in [2.05, 4.69) is 21.4 Å². The van der Waals surface area contributed by atoms with Crippen LogP contribution in [-0.4, -0.2) is 28.3 Å². The highest BCUT2D eigenvalue weighted by Crippen LogP contribution is 2.19. The molecule has 1 atom stereocenters. The number of nitrogens with one attached hydrogen (secondary N) is 2. The number of thioether (sulfide) groups is 1. The van der Waals surface area contributed by atoms with Gasteiger partial charge in [-0.3, -0.25) is 0 Å². The fraction of sp³-hybridized carbons (Fsp3) is 0.333. The van der Waals surface area contributed by atoms with Gasteiger partial charge in [-0.2, -0.15) is 5.26 Å². The van der Waals surface area contributed by atoms with Crippen molar-refractivity contribution in [2.24, 2.45) is 0 Å². The Morgan fingerprint density at radius 3 is 3.06 bits per heavy atom. The van der Waals surface area contributed by atoms with Crippen LogP contribution in [0.2, 0.25) is 0 Å². The summed E-state index contributed by atoms with van der Waals surface area (Å²) in [6.45, 7) is 2.80. The largest absolute Gasteiger partial charge is 0.333 e. The van der Waals surface area contributed by atoms with Crippen LogP contribution in [0.5, 0.6) is 0 Å². The molecular weight excluding hydrogens is 232 g/mol. The Kier molecular flexibility index (Phi) is 4.02. The van der Waals surface area contributed by atoms with Crippen LogP contribution in [0.25, 0.3) is 11.0 Å². The molecule has 2 N–H and O–H groups in total. The van der Waals surface area contributed by atoms with Gasteiger partial charge in [-0.15, -0.1) is 0 Å². The Hall–Kier alpha value is -1.51. The minimum absolute atomic E-state index is 0.127. The third kappa shape index (κ3) is 2.99. The maximum absolute atomic E-state index is 8.92. The first-order valence-corrected chi connectivity index (χ1v) is 6.52. The van der Waals surface area contributed by atoms with Crippen molar-refractivity contribution < 1.29 is 0 Å². The van der Waals surface area contributed by atoms with E-state index in [0.29, 0.717) is 5.75 Å². The lowest BCUT2D eigenvalue weighted by Crippen LogP contribution is -2.29. The first-order chi connectivity index (χ1) is 8.33. The zero-order valence-electron chi connectivity index (χ0n) is 9.60. The van der Waals surface area contributed by atoms with Crippen LogP contribution in [0.3, 0.4) is 0 Å². The van der Waals surface area contributed by atoms with Crippen molar-refractivity contribution in [2.45, 2.75) is 18.1 Å². The molecule has 1 heterocycles. The molecule has 88 valence electrons. The first kappa shape index (κ1) is 12.0. The normalized spacial score (nSPS) is 12.5. The molecule has 1 aromatic heterocycles. The van der Waals surface area contributed by atoms with Gasteiger partial charge < -0.3 is 10.3 Å². The fourth-order valence-electron chi connectivity index (χ4n) is 1.55. The van der Waals surface area contributed by atoms with Crippen molar-refractivity contribution >= 4 is 22.8 Å². The molecule has 1 unspecified atom stereocenters. The second-order valence-corrected chi connectivity index (χ2v) is 4.62. The molecule has 0 bridgehead atoms. The molecule has 0 amide bonds. The Balaban J connectivity index is 2.01. The summed E-state index contributed by atoms with van der Waals surface area (Å²) in [5.74, 6) is 0.699. The van der Waals surface area contributed by atoms with Gasteiger partial charge in [0.15, 0.2) is 5.16 Å². The zero-order chi connectivity index (χ0) is 12.1. The number of aromatic amines is 1. The summed E-state index contributed by atoms with van der Waals surface area (Å²) in [4.78, 5) is 7.68. The highest BCUT2D eigenvalue weighted by molar-refractivity contribution is 7.99. The predicted octanol–water partition coefficient (Wildman–Crippen LogP) is 2.16. The van der Waals surface area contributed by atoms with E-state index >= 15 is 0 Å². The van der Waals surface area contributed by atoms with Crippen molar-refractivity contribution in [3.63, 3.8) is 0 Å². The molecule has 0 saturated heterocycles. The molecule has 1 aromatic carbocycles. The standard InChI is InChI=1S/C12H14N4S/c1-2-14-9(7-13)8-17-12-15-10-5-3-4-6-11(10)16-12/h3-6,9,14H,2,8H2,1H3,(H,15,16). The van der Waals surface area contributed by atoms with E-state index in [-0.39, 0.29) is 6.04 Å². The number of rotatable bonds is 5. The molecule has 4 nitrogen and oxygen atoms in total. The monoisotopic (exact) mass is 246 g/mol. The van der Waals surface area contributed by atoms with E-state index in [1.165, 1.54) is 0 Å². The number of para-hydroxylation sites is 2. The van der Waals surface area contributed by atoms with Gasteiger partial charge >= 0.3 is 0 Å². The lowest BCUT2D eigenvalue weighted by atomic mass is 10.3. The second-order valence-electron chi connectivity index (χ2n) is 3.61. The van der Waals surface area contributed by atoms with E-state index < -0.39 is 0 Å². The summed E-state index contributed by atoms with van der Waals surface area (Å²) < 4.78 is 0. The summed E-state index contributed by atoms with van der Waals surface area (Å²) in [5, 5.41) is 12.9. The number of nitrogens with zero attached hydrogens (tertiary/aromatic N) is 2. The number of fused-ring (bicyclic) bond motifs is 1. The third-order valence-corrected chi connectivity index (χ3v) is 3.33. The summed E-state index contributed by atoms with van der Waals surface area (Å²) in [6, 6.07) is 10.0. The molecule has 0 saturated carbocycles. The van der Waals surface area contributed by atoms with Gasteiger partial charge in [-0.1, -0.05) is 30.8 Å². The van der Waals surface area contributed by atoms with Gasteiger partial charge in [0.05, 0.1) is 17.1 Å². The van der Waals surface area contributed by atoms with Crippen LogP contribution < -0.4 is 5.32 Å². The van der Waals surface area contributed by atoms with E-state index in [9.17, 15) is 0 Å². The number of hydrogen-bond donors (Lipinski definition) is 2. The van der Waals surface area contributed by atoms with E-state index in [0.717, 1.165) is 22.7 Å². The molecule has 0 spiro atoms. The molecule has 2 aromatic rings. The zero-order valence-corrected chi connectivity index (χ0v) is 10.4. The second kappa shape index (κ2) is 5.71. The van der Waals surface area contributed by atoms with Gasteiger partial charge in [-0.05, 0) is 18.7 Å². The first-order valence-electron chi connectivity index (χ1n) is 5.54. The van der Waals surface area contributed by atoms with Crippen molar-refractivity contribution in [3.8, 4) is 6.07 Å². The van der Waals surface area contributed by atoms with Crippen LogP contribution in [0.4, 0.5) is 0 Å². The lowest BCUT2D eigenvalue weighted by molar-refractivity contribution is 0.677. The molecule has 0 aliphatic heterocycles. The number of nitriles is 1. The Morgan fingerprint density at radius 2 is 2.35 bits per heavy atom. The van der Waals surface area contributed by atoms with Crippen LogP contribution in [0.1, 0.15) is 6.92 Å². The summed E-state index contributed by atoms with van der Waals surface area (Å²) in [5.41, 5.74) is 2.00. The number of hydrogen-bond acceptors (Lipinski definition) is 4. The van der Waals surface area contributed by atoms with Crippen molar-refractivity contribution in [3.05, 3.63) is 24.3 Å². The van der Waals surface area contributed by atoms with E-state index in [4.69, 9.17) is 5.26 Å². The number of benzene rings is 1. The maximum Gasteiger partial charge on any atom is 0.166 e. The SMILES string of the molecule is CCNC(C#N)CSc1nc2ccccc2[nH]1. The molecule has 0 radical (unpaired) electrons. The van der Waals surface area contributed by atoms with Gasteiger partial charge in [0.2, 0.25) is 0 Å². The molecule has 2 rings (SSSR count). The molecular formula is C12H14N4S. The molecule has 17 heavy (non-hydrogen) atoms. The minimum Gasteiger partial charge on any atom is -0.333 e. The molecule has 0 aliphatic carbocycles. The van der Waals surface area contributed by atoms with Gasteiger partial charge in [-0.25, -0.2) is 4.98 Å². The quantitative estimate of drug-likeness (QED) is 0.793. The van der Waals surface area contributed by atoms with E-state index in [1.807, 2.05) is 31.2 Å². The van der Waals surface area contributed by atoms with Gasteiger partial charge in [0.25, 0.3) is 0 Å². The van der Waals surface area contributed by atoms with Crippen molar-refractivity contribution in [2.75, 3.05) is 12.3 Å². The highest BCUT2D eigenvalue weighted by atomic mass is 32.2. The Morgan fingerprint density at radius 1 is 1.53 bits per heavy atom. The predicted molar refractivity (Wildman–Crippen MR) is 69.9 cm³/mol. The van der Waals surface area contributed by atoms with E-state index in [1.54, 1.807) is 11.8 Å². The topological polar surface area (TPSA) is 64.5 Å². The van der Waals surface area contributed by atoms with Gasteiger partial charge in [0.1, 0.15) is 6.04 Å². The minimum atomic E-state index is -0.127. The molecule has 5 heteroatoms. The maximum atomic E-state index is 8.92. The third-order valence-electron chi connectivity index (χ3n) is 2.36. The number of H-pyrrole nitrogens is 1. The van der Waals surface area contributed by atoms with Crippen LogP contribution in [-0.2, 0) is 0 Å². The van der Waals surface area contributed by atoms with Crippen LogP contribution >= 0.6 is 11.8 Å². The molecule has 0 fully saturated rings. The fourth-order valence-corrected chi connectivity index (χ4v) is 2.41. The van der Waals surface area contributed by atoms with Gasteiger partial charge in [0, 0.05) is 5.75 Å². The Bertz CT molecular complexity index is 496. The van der Waals surface area contributed by atoms with Crippen molar-refractivity contribution in [1.29, 1.82) is 5.26 Å². The Labute approximate surface area is 104 Å². The van der Waals surface area contributed by atoms with Crippen LogP contribution in [0.15, 0.2) is 29.4 Å².